The van der Waals surface area contributed by atoms with Crippen LogP contribution in [0.15, 0.2) is 54.6 Å². The summed E-state index contributed by atoms with van der Waals surface area (Å²) < 4.78 is 0. The number of nitrogens with one attached hydrogen (secondary N) is 1. The van der Waals surface area contributed by atoms with E-state index in [1.165, 1.54) is 11.1 Å². The van der Waals surface area contributed by atoms with Gasteiger partial charge in [0.2, 0.25) is 0 Å². The molecule has 3 rings (SSSR count). The van der Waals surface area contributed by atoms with Gasteiger partial charge in [-0.25, -0.2) is 4.98 Å². The van der Waals surface area contributed by atoms with Crippen LogP contribution in [0.1, 0.15) is 5.69 Å². The molecule has 0 amide bonds. The molecular formula is C18H19N3. The van der Waals surface area contributed by atoms with Crippen molar-refractivity contribution >= 4 is 28.0 Å². The minimum Gasteiger partial charge on any atom is -0.378 e. The zero-order chi connectivity index (χ0) is 14.8. The lowest BCUT2D eigenvalue weighted by Gasteiger charge is -2.14. The molecule has 0 saturated heterocycles. The minimum absolute atomic E-state index is 0.906. The summed E-state index contributed by atoms with van der Waals surface area (Å²) in [5, 5.41) is 5.77. The average molecular weight is 277 g/mol. The molecule has 0 radical (unpaired) electrons. The smallest absolute Gasteiger partial charge is 0.138 e. The molecule has 3 nitrogen and oxygen atoms in total. The number of anilines is 3. The second-order valence-electron chi connectivity index (χ2n) is 5.40. The number of aromatic nitrogens is 1. The largest absolute Gasteiger partial charge is 0.378 e. The molecule has 1 N–H and O–H groups in total. The van der Waals surface area contributed by atoms with Crippen LogP contribution in [0.25, 0.3) is 10.8 Å². The lowest BCUT2D eigenvalue weighted by Crippen LogP contribution is -2.08. The summed E-state index contributed by atoms with van der Waals surface area (Å²) in [4.78, 5) is 6.72. The molecule has 2 aromatic carbocycles. The monoisotopic (exact) mass is 277 g/mol. The lowest BCUT2D eigenvalue weighted by atomic mass is 10.1. The highest BCUT2D eigenvalue weighted by Gasteiger charge is 2.04. The maximum atomic E-state index is 4.63. The molecule has 0 spiro atoms. The zero-order valence-electron chi connectivity index (χ0n) is 12.6. The van der Waals surface area contributed by atoms with Gasteiger partial charge < -0.3 is 10.2 Å². The third-order valence-electron chi connectivity index (χ3n) is 3.51. The average Bonchev–Trinajstić information content (AvgIpc) is 2.47. The van der Waals surface area contributed by atoms with Crippen molar-refractivity contribution in [2.24, 2.45) is 0 Å². The molecule has 0 atom stereocenters. The summed E-state index contributed by atoms with van der Waals surface area (Å²) in [6, 6.07) is 18.8. The second kappa shape index (κ2) is 5.44. The number of aryl methyl sites for hydroxylation is 1. The number of benzene rings is 2. The fourth-order valence-electron chi connectivity index (χ4n) is 2.41. The van der Waals surface area contributed by atoms with Gasteiger partial charge in [0.25, 0.3) is 0 Å². The molecule has 3 heteroatoms. The van der Waals surface area contributed by atoms with Crippen molar-refractivity contribution < 1.29 is 0 Å². The van der Waals surface area contributed by atoms with Crippen LogP contribution in [-0.4, -0.2) is 19.1 Å². The van der Waals surface area contributed by atoms with E-state index in [4.69, 9.17) is 0 Å². The Labute approximate surface area is 125 Å². The van der Waals surface area contributed by atoms with E-state index in [1.807, 2.05) is 27.1 Å². The SMILES string of the molecule is Cc1cc2ccccc2c(Nc2ccc(N(C)C)cc2)n1. The Bertz CT molecular complexity index is 761. The van der Waals surface area contributed by atoms with Crippen molar-refractivity contribution in [3.8, 4) is 0 Å². The van der Waals surface area contributed by atoms with E-state index in [0.29, 0.717) is 0 Å². The molecule has 106 valence electrons. The molecule has 0 aliphatic rings. The Hall–Kier alpha value is -2.55. The Morgan fingerprint density at radius 3 is 2.38 bits per heavy atom. The molecule has 21 heavy (non-hydrogen) atoms. The van der Waals surface area contributed by atoms with E-state index in [9.17, 15) is 0 Å². The molecule has 0 saturated carbocycles. The van der Waals surface area contributed by atoms with Crippen LogP contribution in [0.5, 0.6) is 0 Å². The van der Waals surface area contributed by atoms with Gasteiger partial charge in [0.15, 0.2) is 0 Å². The van der Waals surface area contributed by atoms with E-state index in [0.717, 1.165) is 22.6 Å². The molecule has 0 fully saturated rings. The Morgan fingerprint density at radius 2 is 1.67 bits per heavy atom. The van der Waals surface area contributed by atoms with Gasteiger partial charge in [-0.3, -0.25) is 0 Å². The van der Waals surface area contributed by atoms with Crippen molar-refractivity contribution in [3.05, 3.63) is 60.3 Å². The minimum atomic E-state index is 0.906. The van der Waals surface area contributed by atoms with Crippen molar-refractivity contribution in [1.82, 2.24) is 4.98 Å². The number of pyridine rings is 1. The predicted molar refractivity (Wildman–Crippen MR) is 90.5 cm³/mol. The highest BCUT2D eigenvalue weighted by molar-refractivity contribution is 5.93. The Morgan fingerprint density at radius 1 is 0.952 bits per heavy atom. The number of rotatable bonds is 3. The molecule has 0 unspecified atom stereocenters. The molecule has 1 aromatic heterocycles. The quantitative estimate of drug-likeness (QED) is 0.771. The Balaban J connectivity index is 1.97. The molecule has 0 aliphatic heterocycles. The van der Waals surface area contributed by atoms with Crippen LogP contribution in [0.2, 0.25) is 0 Å². The fourth-order valence-corrected chi connectivity index (χ4v) is 2.41. The summed E-state index contributed by atoms with van der Waals surface area (Å²) >= 11 is 0. The van der Waals surface area contributed by atoms with E-state index < -0.39 is 0 Å². The van der Waals surface area contributed by atoms with Gasteiger partial charge in [-0.05, 0) is 42.6 Å². The van der Waals surface area contributed by atoms with Crippen LogP contribution in [0.4, 0.5) is 17.2 Å². The van der Waals surface area contributed by atoms with E-state index in [-0.39, 0.29) is 0 Å². The predicted octanol–water partition coefficient (Wildman–Crippen LogP) is 4.35. The van der Waals surface area contributed by atoms with Crippen LogP contribution < -0.4 is 10.2 Å². The van der Waals surface area contributed by atoms with Gasteiger partial charge in [-0.15, -0.1) is 0 Å². The first-order chi connectivity index (χ1) is 10.1. The maximum Gasteiger partial charge on any atom is 0.138 e. The van der Waals surface area contributed by atoms with Crippen LogP contribution in [0.3, 0.4) is 0 Å². The summed E-state index contributed by atoms with van der Waals surface area (Å²) in [6.07, 6.45) is 0. The molecule has 0 aliphatic carbocycles. The van der Waals surface area contributed by atoms with Crippen molar-refractivity contribution in [2.45, 2.75) is 6.92 Å². The number of hydrogen-bond donors (Lipinski definition) is 1. The number of nitrogens with zero attached hydrogens (tertiary/aromatic N) is 2. The van der Waals surface area contributed by atoms with Gasteiger partial charge in [0.1, 0.15) is 5.82 Å². The van der Waals surface area contributed by atoms with Gasteiger partial charge in [0, 0.05) is 36.6 Å². The van der Waals surface area contributed by atoms with Gasteiger partial charge in [0.05, 0.1) is 0 Å². The number of fused-ring (bicyclic) bond motifs is 1. The first kappa shape index (κ1) is 13.4. The van der Waals surface area contributed by atoms with Gasteiger partial charge >= 0.3 is 0 Å². The van der Waals surface area contributed by atoms with Crippen LogP contribution >= 0.6 is 0 Å². The zero-order valence-corrected chi connectivity index (χ0v) is 12.6. The molecule has 1 heterocycles. The van der Waals surface area contributed by atoms with Crippen molar-refractivity contribution in [2.75, 3.05) is 24.3 Å². The topological polar surface area (TPSA) is 28.2 Å². The molecule has 0 bridgehead atoms. The normalized spacial score (nSPS) is 10.6. The van der Waals surface area contributed by atoms with Gasteiger partial charge in [-0.1, -0.05) is 24.3 Å². The van der Waals surface area contributed by atoms with Gasteiger partial charge in [-0.2, -0.15) is 0 Å². The van der Waals surface area contributed by atoms with E-state index in [1.54, 1.807) is 0 Å². The second-order valence-corrected chi connectivity index (χ2v) is 5.40. The fraction of sp³-hybridized carbons (Fsp3) is 0.167. The first-order valence-electron chi connectivity index (χ1n) is 7.04. The molecule has 3 aromatic rings. The highest BCUT2D eigenvalue weighted by Crippen LogP contribution is 2.26. The van der Waals surface area contributed by atoms with Crippen molar-refractivity contribution in [1.29, 1.82) is 0 Å². The lowest BCUT2D eigenvalue weighted by molar-refractivity contribution is 1.13. The summed E-state index contributed by atoms with van der Waals surface area (Å²) in [5.74, 6) is 0.906. The third kappa shape index (κ3) is 2.82. The van der Waals surface area contributed by atoms with Crippen LogP contribution in [-0.2, 0) is 0 Å². The maximum absolute atomic E-state index is 4.63. The standard InChI is InChI=1S/C18H19N3/c1-13-12-14-6-4-5-7-17(14)18(19-13)20-15-8-10-16(11-9-15)21(2)3/h4-12H,1-3H3,(H,19,20). The van der Waals surface area contributed by atoms with E-state index >= 15 is 0 Å². The van der Waals surface area contributed by atoms with Crippen LogP contribution in [0, 0.1) is 6.92 Å². The summed E-state index contributed by atoms with van der Waals surface area (Å²) in [6.45, 7) is 2.02. The molecular weight excluding hydrogens is 258 g/mol. The van der Waals surface area contributed by atoms with Crippen molar-refractivity contribution in [3.63, 3.8) is 0 Å². The van der Waals surface area contributed by atoms with E-state index in [2.05, 4.69) is 63.7 Å². The summed E-state index contributed by atoms with van der Waals surface area (Å²) in [7, 11) is 4.08. The highest BCUT2D eigenvalue weighted by atomic mass is 15.1. The first-order valence-corrected chi connectivity index (χ1v) is 7.04. The summed E-state index contributed by atoms with van der Waals surface area (Å²) in [5.41, 5.74) is 3.24. The number of hydrogen-bond acceptors (Lipinski definition) is 3. The Kier molecular flexibility index (Phi) is 3.48. The third-order valence-corrected chi connectivity index (χ3v) is 3.51.